The van der Waals surface area contributed by atoms with Crippen molar-refractivity contribution in [3.8, 4) is 0 Å². The average molecular weight is 341 g/mol. The van der Waals surface area contributed by atoms with E-state index in [1.807, 2.05) is 45.0 Å². The molecule has 0 aliphatic carbocycles. The minimum atomic E-state index is -0.510. The van der Waals surface area contributed by atoms with Crippen LogP contribution in [0.3, 0.4) is 0 Å². The van der Waals surface area contributed by atoms with E-state index in [2.05, 4.69) is 15.3 Å². The third-order valence-corrected chi connectivity index (χ3v) is 3.88. The number of rotatable bonds is 4. The van der Waals surface area contributed by atoms with Gasteiger partial charge in [0.15, 0.2) is 0 Å². The van der Waals surface area contributed by atoms with Gasteiger partial charge in [0.25, 0.3) is 0 Å². The second-order valence-corrected chi connectivity index (χ2v) is 7.02. The molecule has 3 rings (SSSR count). The van der Waals surface area contributed by atoms with Gasteiger partial charge in [0.2, 0.25) is 0 Å². The second-order valence-electron chi connectivity index (χ2n) is 7.02. The highest BCUT2D eigenvalue weighted by Crippen LogP contribution is 2.27. The second kappa shape index (κ2) is 6.72. The number of amides is 1. The molecule has 0 fully saturated rings. The minimum absolute atomic E-state index is 0.0101. The fraction of sp³-hybridized carbons (Fsp3) is 0.368. The largest absolute Gasteiger partial charge is 0.444 e. The van der Waals surface area contributed by atoms with Crippen LogP contribution in [0.2, 0.25) is 0 Å². The Bertz CT molecular complexity index is 909. The Labute approximate surface area is 146 Å². The maximum absolute atomic E-state index is 11.7. The Morgan fingerprint density at radius 3 is 2.80 bits per heavy atom. The van der Waals surface area contributed by atoms with E-state index in [1.54, 1.807) is 6.20 Å². The first-order chi connectivity index (χ1) is 11.9. The van der Waals surface area contributed by atoms with Crippen LogP contribution in [-0.2, 0) is 17.8 Å². The normalized spacial score (nSPS) is 11.8. The van der Waals surface area contributed by atoms with Gasteiger partial charge in [0.05, 0.1) is 17.8 Å². The first-order valence-electron chi connectivity index (χ1n) is 8.33. The standard InChI is InChI=1S/C19H23N3O3/c1-19(2,3)25-18(24)21-9-7-15-17-14(6-8-20-15)13-5-4-12(11-23)10-16(13)22-17/h4-6,8,10,22-23H,7,9,11H2,1-3H3,(H,21,24). The third-order valence-electron chi connectivity index (χ3n) is 3.88. The zero-order valence-electron chi connectivity index (χ0n) is 14.7. The number of carbonyl (C=O) groups is 1. The summed E-state index contributed by atoms with van der Waals surface area (Å²) < 4.78 is 5.23. The lowest BCUT2D eigenvalue weighted by Gasteiger charge is -2.19. The van der Waals surface area contributed by atoms with Gasteiger partial charge in [-0.25, -0.2) is 4.79 Å². The lowest BCUT2D eigenvalue weighted by atomic mass is 10.1. The van der Waals surface area contributed by atoms with Crippen molar-refractivity contribution in [2.24, 2.45) is 0 Å². The number of ether oxygens (including phenoxy) is 1. The average Bonchev–Trinajstić information content (AvgIpc) is 2.91. The molecule has 2 heterocycles. The van der Waals surface area contributed by atoms with Crippen LogP contribution in [0.25, 0.3) is 21.8 Å². The van der Waals surface area contributed by atoms with Gasteiger partial charge in [0, 0.05) is 35.5 Å². The molecular weight excluding hydrogens is 318 g/mol. The van der Waals surface area contributed by atoms with Crippen LogP contribution in [0.5, 0.6) is 0 Å². The SMILES string of the molecule is CC(C)(C)OC(=O)NCCc1nccc2c1[nH]c1cc(CO)ccc12. The van der Waals surface area contributed by atoms with Crippen molar-refractivity contribution in [1.29, 1.82) is 0 Å². The molecule has 0 atom stereocenters. The predicted molar refractivity (Wildman–Crippen MR) is 97.5 cm³/mol. The number of aromatic nitrogens is 2. The Morgan fingerprint density at radius 1 is 1.28 bits per heavy atom. The van der Waals surface area contributed by atoms with Gasteiger partial charge in [-0.1, -0.05) is 12.1 Å². The van der Waals surface area contributed by atoms with Crippen LogP contribution in [0.4, 0.5) is 4.79 Å². The molecule has 0 saturated heterocycles. The molecule has 25 heavy (non-hydrogen) atoms. The van der Waals surface area contributed by atoms with Crippen molar-refractivity contribution < 1.29 is 14.6 Å². The number of nitrogens with one attached hydrogen (secondary N) is 2. The summed E-state index contributed by atoms with van der Waals surface area (Å²) >= 11 is 0. The molecule has 0 bridgehead atoms. The summed E-state index contributed by atoms with van der Waals surface area (Å²) in [7, 11) is 0. The van der Waals surface area contributed by atoms with Crippen LogP contribution in [0.1, 0.15) is 32.0 Å². The number of H-pyrrole nitrogens is 1. The number of pyridine rings is 1. The molecule has 0 aliphatic rings. The first-order valence-corrected chi connectivity index (χ1v) is 8.33. The summed E-state index contributed by atoms with van der Waals surface area (Å²) in [5.41, 5.74) is 3.16. The topological polar surface area (TPSA) is 87.2 Å². The van der Waals surface area contributed by atoms with E-state index in [0.29, 0.717) is 13.0 Å². The fourth-order valence-electron chi connectivity index (χ4n) is 2.82. The zero-order valence-corrected chi connectivity index (χ0v) is 14.7. The van der Waals surface area contributed by atoms with Gasteiger partial charge in [0.1, 0.15) is 5.60 Å². The van der Waals surface area contributed by atoms with E-state index in [1.165, 1.54) is 0 Å². The van der Waals surface area contributed by atoms with Crippen LogP contribution in [0, 0.1) is 0 Å². The number of benzene rings is 1. The van der Waals surface area contributed by atoms with Crippen molar-refractivity contribution >= 4 is 27.9 Å². The summed E-state index contributed by atoms with van der Waals surface area (Å²) in [5.74, 6) is 0. The molecule has 6 heteroatoms. The van der Waals surface area contributed by atoms with Crippen LogP contribution >= 0.6 is 0 Å². The van der Waals surface area contributed by atoms with Crippen molar-refractivity contribution in [2.75, 3.05) is 6.54 Å². The highest BCUT2D eigenvalue weighted by atomic mass is 16.6. The smallest absolute Gasteiger partial charge is 0.407 e. The summed E-state index contributed by atoms with van der Waals surface area (Å²) in [6.07, 6.45) is 1.94. The lowest BCUT2D eigenvalue weighted by molar-refractivity contribution is 0.0528. The molecular formula is C19H23N3O3. The van der Waals surface area contributed by atoms with Gasteiger partial charge in [-0.2, -0.15) is 0 Å². The van der Waals surface area contributed by atoms with Crippen molar-refractivity contribution in [3.05, 3.63) is 41.7 Å². The van der Waals surface area contributed by atoms with Crippen molar-refractivity contribution in [2.45, 2.75) is 39.4 Å². The summed E-state index contributed by atoms with van der Waals surface area (Å²) in [4.78, 5) is 19.6. The number of carbonyl (C=O) groups excluding carboxylic acids is 1. The number of aliphatic hydroxyl groups is 1. The summed E-state index contributed by atoms with van der Waals surface area (Å²) in [6, 6.07) is 7.83. The van der Waals surface area contributed by atoms with Crippen LogP contribution in [0.15, 0.2) is 30.5 Å². The molecule has 132 valence electrons. The summed E-state index contributed by atoms with van der Waals surface area (Å²) in [5, 5.41) is 14.2. The Morgan fingerprint density at radius 2 is 2.08 bits per heavy atom. The third kappa shape index (κ3) is 3.91. The molecule has 0 radical (unpaired) electrons. The molecule has 0 aliphatic heterocycles. The van der Waals surface area contributed by atoms with E-state index >= 15 is 0 Å². The Balaban J connectivity index is 1.79. The molecule has 0 unspecified atom stereocenters. The highest BCUT2D eigenvalue weighted by molar-refractivity contribution is 6.07. The molecule has 0 spiro atoms. The fourth-order valence-corrected chi connectivity index (χ4v) is 2.82. The van der Waals surface area contributed by atoms with Gasteiger partial charge in [-0.05, 0) is 38.5 Å². The molecule has 6 nitrogen and oxygen atoms in total. The molecule has 1 amide bonds. The van der Waals surface area contributed by atoms with Gasteiger partial charge in [-0.3, -0.25) is 4.98 Å². The monoisotopic (exact) mass is 341 g/mol. The number of aromatic amines is 1. The van der Waals surface area contributed by atoms with E-state index < -0.39 is 11.7 Å². The van der Waals surface area contributed by atoms with Gasteiger partial charge < -0.3 is 20.1 Å². The quantitative estimate of drug-likeness (QED) is 0.680. The number of hydrogen-bond acceptors (Lipinski definition) is 4. The maximum atomic E-state index is 11.7. The predicted octanol–water partition coefficient (Wildman–Crippen LogP) is 3.28. The summed E-state index contributed by atoms with van der Waals surface area (Å²) in [6.45, 7) is 5.95. The van der Waals surface area contributed by atoms with Gasteiger partial charge >= 0.3 is 6.09 Å². The van der Waals surface area contributed by atoms with E-state index in [-0.39, 0.29) is 6.61 Å². The Kier molecular flexibility index (Phi) is 4.63. The number of nitrogens with zero attached hydrogens (tertiary/aromatic N) is 1. The number of fused-ring (bicyclic) bond motifs is 3. The molecule has 3 N–H and O–H groups in total. The van der Waals surface area contributed by atoms with Crippen molar-refractivity contribution in [3.63, 3.8) is 0 Å². The minimum Gasteiger partial charge on any atom is -0.444 e. The zero-order chi connectivity index (χ0) is 18.0. The lowest BCUT2D eigenvalue weighted by Crippen LogP contribution is -2.33. The van der Waals surface area contributed by atoms with Crippen molar-refractivity contribution in [1.82, 2.24) is 15.3 Å². The molecule has 1 aromatic carbocycles. The van der Waals surface area contributed by atoms with E-state index in [4.69, 9.17) is 4.74 Å². The first kappa shape index (κ1) is 17.2. The van der Waals surface area contributed by atoms with Crippen LogP contribution in [-0.4, -0.2) is 33.3 Å². The van der Waals surface area contributed by atoms with Gasteiger partial charge in [-0.15, -0.1) is 0 Å². The maximum Gasteiger partial charge on any atom is 0.407 e. The van der Waals surface area contributed by atoms with Crippen LogP contribution < -0.4 is 5.32 Å². The van der Waals surface area contributed by atoms with E-state index in [9.17, 15) is 9.90 Å². The molecule has 3 aromatic rings. The number of alkyl carbamates (subject to hydrolysis) is 1. The molecule has 2 aromatic heterocycles. The number of aliphatic hydroxyl groups excluding tert-OH is 1. The number of hydrogen-bond donors (Lipinski definition) is 3. The molecule has 0 saturated carbocycles. The highest BCUT2D eigenvalue weighted by Gasteiger charge is 2.16. The van der Waals surface area contributed by atoms with E-state index in [0.717, 1.165) is 33.1 Å². The Hall–Kier alpha value is -2.60.